The van der Waals surface area contributed by atoms with E-state index < -0.39 is 5.91 Å². The number of anilines is 1. The molecule has 31 heavy (non-hydrogen) atoms. The van der Waals surface area contributed by atoms with Crippen LogP contribution in [-0.2, 0) is 7.05 Å². The van der Waals surface area contributed by atoms with Crippen molar-refractivity contribution < 1.29 is 4.79 Å². The van der Waals surface area contributed by atoms with Gasteiger partial charge in [-0.1, -0.05) is 42.0 Å². The van der Waals surface area contributed by atoms with Gasteiger partial charge in [0.25, 0.3) is 5.56 Å². The average Bonchev–Trinajstić information content (AvgIpc) is 2.77. The molecule has 1 aliphatic rings. The number of amides is 1. The van der Waals surface area contributed by atoms with Gasteiger partial charge >= 0.3 is 0 Å². The molecule has 2 aromatic carbocycles. The summed E-state index contributed by atoms with van der Waals surface area (Å²) in [6.07, 6.45) is 1.65. The van der Waals surface area contributed by atoms with Crippen LogP contribution in [0.3, 0.4) is 0 Å². The first-order chi connectivity index (χ1) is 14.8. The highest BCUT2D eigenvalue weighted by Gasteiger charge is 2.24. The van der Waals surface area contributed by atoms with Crippen LogP contribution in [0.25, 0.3) is 22.5 Å². The largest absolute Gasteiger partial charge is 0.366 e. The topological polar surface area (TPSA) is 107 Å². The number of carbonyl (C=O) groups excluding carboxylic acids is 1. The van der Waals surface area contributed by atoms with Crippen LogP contribution in [0, 0.1) is 6.92 Å². The summed E-state index contributed by atoms with van der Waals surface area (Å²) in [4.78, 5) is 31.7. The maximum atomic E-state index is 13.3. The number of hydrogen-bond donors (Lipinski definition) is 2. The maximum absolute atomic E-state index is 13.3. The Morgan fingerprint density at radius 1 is 1.00 bits per heavy atom. The van der Waals surface area contributed by atoms with Crippen LogP contribution in [0.1, 0.15) is 28.8 Å². The van der Waals surface area contributed by atoms with Crippen LogP contribution in [0.4, 0.5) is 5.82 Å². The van der Waals surface area contributed by atoms with Gasteiger partial charge in [-0.15, -0.1) is 0 Å². The SMILES string of the molecule is Cc1ccc(-c2c(-c3ccc(C(N)=O)cc3)nc(N3CCC(N)CC3)c(=O)n2C)cc1. The van der Waals surface area contributed by atoms with Crippen molar-refractivity contribution in [2.75, 3.05) is 18.0 Å². The highest BCUT2D eigenvalue weighted by molar-refractivity contribution is 5.93. The number of primary amides is 1. The van der Waals surface area contributed by atoms with E-state index in [1.807, 2.05) is 48.2 Å². The number of aromatic nitrogens is 2. The second-order valence-corrected chi connectivity index (χ2v) is 8.13. The molecule has 0 saturated carbocycles. The van der Waals surface area contributed by atoms with E-state index in [0.29, 0.717) is 30.2 Å². The lowest BCUT2D eigenvalue weighted by Gasteiger charge is -2.31. The van der Waals surface area contributed by atoms with Gasteiger partial charge in [0, 0.05) is 42.9 Å². The molecule has 160 valence electrons. The summed E-state index contributed by atoms with van der Waals surface area (Å²) in [6, 6.07) is 15.2. The van der Waals surface area contributed by atoms with E-state index in [1.165, 1.54) is 0 Å². The summed E-state index contributed by atoms with van der Waals surface area (Å²) >= 11 is 0. The molecule has 1 amide bonds. The molecule has 0 spiro atoms. The fraction of sp³-hybridized carbons (Fsp3) is 0.292. The maximum Gasteiger partial charge on any atom is 0.293 e. The summed E-state index contributed by atoms with van der Waals surface area (Å²) in [6.45, 7) is 3.43. The number of hydrogen-bond acceptors (Lipinski definition) is 5. The number of aryl methyl sites for hydroxylation is 1. The van der Waals surface area contributed by atoms with E-state index in [9.17, 15) is 9.59 Å². The van der Waals surface area contributed by atoms with Crippen molar-refractivity contribution in [1.82, 2.24) is 9.55 Å². The Morgan fingerprint density at radius 2 is 1.58 bits per heavy atom. The van der Waals surface area contributed by atoms with Crippen LogP contribution in [0.5, 0.6) is 0 Å². The molecular weight excluding hydrogens is 390 g/mol. The molecule has 0 atom stereocenters. The lowest BCUT2D eigenvalue weighted by atomic mass is 10.0. The van der Waals surface area contributed by atoms with E-state index in [4.69, 9.17) is 16.5 Å². The van der Waals surface area contributed by atoms with Gasteiger partial charge in [0.05, 0.1) is 11.4 Å². The van der Waals surface area contributed by atoms with Gasteiger partial charge in [-0.25, -0.2) is 4.98 Å². The van der Waals surface area contributed by atoms with Gasteiger partial charge in [0.2, 0.25) is 5.91 Å². The molecule has 0 bridgehead atoms. The Morgan fingerprint density at radius 3 is 2.16 bits per heavy atom. The smallest absolute Gasteiger partial charge is 0.293 e. The predicted octanol–water partition coefficient (Wildman–Crippen LogP) is 2.45. The molecule has 1 fully saturated rings. The van der Waals surface area contributed by atoms with Gasteiger partial charge in [0.15, 0.2) is 5.82 Å². The van der Waals surface area contributed by atoms with Crippen LogP contribution in [0.15, 0.2) is 53.3 Å². The molecule has 1 aliphatic heterocycles. The first-order valence-corrected chi connectivity index (χ1v) is 10.4. The summed E-state index contributed by atoms with van der Waals surface area (Å²) in [5, 5.41) is 0. The summed E-state index contributed by atoms with van der Waals surface area (Å²) in [7, 11) is 1.78. The summed E-state index contributed by atoms with van der Waals surface area (Å²) in [5.41, 5.74) is 16.0. The fourth-order valence-corrected chi connectivity index (χ4v) is 3.97. The second-order valence-electron chi connectivity index (χ2n) is 8.13. The summed E-state index contributed by atoms with van der Waals surface area (Å²) < 4.78 is 1.67. The Balaban J connectivity index is 1.91. The minimum absolute atomic E-state index is 0.136. The van der Waals surface area contributed by atoms with Crippen molar-refractivity contribution in [1.29, 1.82) is 0 Å². The summed E-state index contributed by atoms with van der Waals surface area (Å²) in [5.74, 6) is -0.0525. The Labute approximate surface area is 181 Å². The standard InChI is InChI=1S/C24H27N5O2/c1-15-3-5-17(6-4-15)21-20(16-7-9-18(10-8-16)22(26)30)27-23(24(31)28(21)2)29-13-11-19(25)12-14-29/h3-10,19H,11-14,25H2,1-2H3,(H2,26,30). The lowest BCUT2D eigenvalue weighted by molar-refractivity contribution is 0.100. The molecule has 7 nitrogen and oxygen atoms in total. The third-order valence-electron chi connectivity index (χ3n) is 5.88. The first-order valence-electron chi connectivity index (χ1n) is 10.4. The highest BCUT2D eigenvalue weighted by atomic mass is 16.1. The van der Waals surface area contributed by atoms with Gasteiger partial charge in [-0.2, -0.15) is 0 Å². The number of nitrogens with two attached hydrogens (primary N) is 2. The number of carbonyl (C=O) groups is 1. The molecule has 0 aliphatic carbocycles. The minimum atomic E-state index is -0.482. The molecule has 0 radical (unpaired) electrons. The van der Waals surface area contributed by atoms with E-state index in [-0.39, 0.29) is 11.6 Å². The quantitative estimate of drug-likeness (QED) is 0.678. The van der Waals surface area contributed by atoms with Crippen LogP contribution >= 0.6 is 0 Å². The molecule has 1 saturated heterocycles. The Kier molecular flexibility index (Phi) is 5.61. The number of nitrogens with zero attached hydrogens (tertiary/aromatic N) is 3. The second kappa shape index (κ2) is 8.35. The van der Waals surface area contributed by atoms with E-state index >= 15 is 0 Å². The van der Waals surface area contributed by atoms with Crippen LogP contribution < -0.4 is 21.9 Å². The number of benzene rings is 2. The van der Waals surface area contributed by atoms with E-state index in [1.54, 1.807) is 23.7 Å². The zero-order valence-corrected chi connectivity index (χ0v) is 17.8. The number of piperidine rings is 1. The molecule has 4 rings (SSSR count). The Bertz CT molecular complexity index is 1160. The monoisotopic (exact) mass is 417 g/mol. The van der Waals surface area contributed by atoms with E-state index in [0.717, 1.165) is 35.2 Å². The molecule has 7 heteroatoms. The molecular formula is C24H27N5O2. The lowest BCUT2D eigenvalue weighted by Crippen LogP contribution is -2.43. The fourth-order valence-electron chi connectivity index (χ4n) is 3.97. The van der Waals surface area contributed by atoms with E-state index in [2.05, 4.69) is 0 Å². The molecule has 1 aromatic heterocycles. The number of rotatable bonds is 4. The zero-order chi connectivity index (χ0) is 22.1. The Hall–Kier alpha value is -3.45. The van der Waals surface area contributed by atoms with Crippen molar-refractivity contribution in [3.05, 3.63) is 70.0 Å². The van der Waals surface area contributed by atoms with Crippen molar-refractivity contribution in [2.24, 2.45) is 18.5 Å². The normalized spacial score (nSPS) is 14.6. The highest BCUT2D eigenvalue weighted by Crippen LogP contribution is 2.31. The molecule has 3 aromatic rings. The molecule has 2 heterocycles. The molecule has 0 unspecified atom stereocenters. The molecule has 4 N–H and O–H groups in total. The predicted molar refractivity (Wildman–Crippen MR) is 123 cm³/mol. The third kappa shape index (κ3) is 4.09. The van der Waals surface area contributed by atoms with Gasteiger partial charge < -0.3 is 20.9 Å². The minimum Gasteiger partial charge on any atom is -0.366 e. The van der Waals surface area contributed by atoms with Gasteiger partial charge in [0.1, 0.15) is 0 Å². The van der Waals surface area contributed by atoms with Crippen molar-refractivity contribution in [3.8, 4) is 22.5 Å². The van der Waals surface area contributed by atoms with Crippen LogP contribution in [0.2, 0.25) is 0 Å². The zero-order valence-electron chi connectivity index (χ0n) is 17.8. The van der Waals surface area contributed by atoms with Gasteiger partial charge in [-0.05, 0) is 31.9 Å². The third-order valence-corrected chi connectivity index (χ3v) is 5.88. The van der Waals surface area contributed by atoms with Crippen LogP contribution in [-0.4, -0.2) is 34.6 Å². The average molecular weight is 418 g/mol. The van der Waals surface area contributed by atoms with Gasteiger partial charge in [-0.3, -0.25) is 9.59 Å². The van der Waals surface area contributed by atoms with Crippen molar-refractivity contribution >= 4 is 11.7 Å². The van der Waals surface area contributed by atoms with Crippen molar-refractivity contribution in [3.63, 3.8) is 0 Å². The first kappa shape index (κ1) is 20.8. The van der Waals surface area contributed by atoms with Crippen molar-refractivity contribution in [2.45, 2.75) is 25.8 Å².